The monoisotopic (exact) mass is 593 g/mol. The van der Waals surface area contributed by atoms with Gasteiger partial charge in [-0.15, -0.1) is 0 Å². The number of rotatable bonds is 12. The van der Waals surface area contributed by atoms with Gasteiger partial charge in [0.05, 0.1) is 19.2 Å². The Morgan fingerprint density at radius 3 is 2.39 bits per heavy atom. The van der Waals surface area contributed by atoms with Crippen LogP contribution in [0.15, 0.2) is 91.1 Å². The predicted molar refractivity (Wildman–Crippen MR) is 171 cm³/mol. The highest BCUT2D eigenvalue weighted by Crippen LogP contribution is 2.31. The molecule has 44 heavy (non-hydrogen) atoms. The summed E-state index contributed by atoms with van der Waals surface area (Å²) in [7, 11) is 0. The molecule has 0 saturated carbocycles. The van der Waals surface area contributed by atoms with Gasteiger partial charge in [0.1, 0.15) is 11.9 Å². The summed E-state index contributed by atoms with van der Waals surface area (Å²) in [6, 6.07) is 25.8. The van der Waals surface area contributed by atoms with Crippen LogP contribution in [0.25, 0.3) is 10.8 Å². The fraction of sp³-hybridized carbons (Fsp3) is 0.314. The molecule has 1 saturated heterocycles. The number of benzene rings is 3. The summed E-state index contributed by atoms with van der Waals surface area (Å²) in [6.45, 7) is 2.89. The molecule has 5 rings (SSSR count). The molecule has 228 valence electrons. The van der Waals surface area contributed by atoms with Crippen LogP contribution < -0.4 is 16.4 Å². The molecule has 1 aliphatic heterocycles. The number of pyridine rings is 1. The number of nitrogen functional groups attached to an aromatic ring is 1. The first-order chi connectivity index (χ1) is 21.5. The molecule has 0 bridgehead atoms. The van der Waals surface area contributed by atoms with E-state index in [2.05, 4.69) is 15.6 Å². The lowest BCUT2D eigenvalue weighted by atomic mass is 9.84. The second-order valence-corrected chi connectivity index (χ2v) is 11.0. The summed E-state index contributed by atoms with van der Waals surface area (Å²) in [6.07, 6.45) is 3.64. The number of amides is 2. The average Bonchev–Trinajstić information content (AvgIpc) is 3.55. The lowest BCUT2D eigenvalue weighted by Crippen LogP contribution is -2.55. The van der Waals surface area contributed by atoms with Gasteiger partial charge in [-0.3, -0.25) is 19.7 Å². The Morgan fingerprint density at radius 2 is 1.70 bits per heavy atom. The third kappa shape index (κ3) is 7.23. The molecule has 4 N–H and O–H groups in total. The number of carbonyl (C=O) groups is 3. The van der Waals surface area contributed by atoms with Crippen LogP contribution in [-0.4, -0.2) is 59.4 Å². The van der Waals surface area contributed by atoms with Crippen molar-refractivity contribution in [2.24, 2.45) is 0 Å². The van der Waals surface area contributed by atoms with Gasteiger partial charge >= 0.3 is 5.97 Å². The Balaban J connectivity index is 1.37. The number of nitrogens with one attached hydrogen (secondary N) is 2. The lowest BCUT2D eigenvalue weighted by Gasteiger charge is -2.33. The van der Waals surface area contributed by atoms with E-state index in [1.165, 1.54) is 0 Å². The van der Waals surface area contributed by atoms with E-state index in [1.807, 2.05) is 91.9 Å². The minimum atomic E-state index is -0.804. The molecule has 9 nitrogen and oxygen atoms in total. The highest BCUT2D eigenvalue weighted by molar-refractivity contribution is 5.92. The molecule has 2 atom stereocenters. The van der Waals surface area contributed by atoms with Gasteiger partial charge in [0, 0.05) is 30.6 Å². The van der Waals surface area contributed by atoms with Crippen molar-refractivity contribution in [3.05, 3.63) is 108 Å². The first-order valence-electron chi connectivity index (χ1n) is 15.2. The van der Waals surface area contributed by atoms with Gasteiger partial charge in [0.25, 0.3) is 0 Å². The zero-order valence-electron chi connectivity index (χ0n) is 24.9. The largest absolute Gasteiger partial charge is 0.465 e. The molecule has 2 amide bonds. The van der Waals surface area contributed by atoms with E-state index in [0.717, 1.165) is 27.5 Å². The molecule has 0 radical (unpaired) electrons. The zero-order valence-corrected chi connectivity index (χ0v) is 24.9. The van der Waals surface area contributed by atoms with Crippen molar-refractivity contribution >= 4 is 34.4 Å². The molecule has 4 aromatic rings. The summed E-state index contributed by atoms with van der Waals surface area (Å²) in [5, 5.41) is 8.07. The summed E-state index contributed by atoms with van der Waals surface area (Å²) >= 11 is 0. The van der Waals surface area contributed by atoms with E-state index < -0.39 is 24.0 Å². The number of esters is 1. The van der Waals surface area contributed by atoms with Crippen molar-refractivity contribution in [1.29, 1.82) is 0 Å². The molecule has 1 fully saturated rings. The highest BCUT2D eigenvalue weighted by atomic mass is 16.5. The first-order valence-corrected chi connectivity index (χ1v) is 15.2. The number of nitrogens with two attached hydrogens (primary N) is 1. The van der Waals surface area contributed by atoms with Crippen LogP contribution >= 0.6 is 0 Å². The normalized spacial score (nSPS) is 15.3. The molecule has 2 heterocycles. The predicted octanol–water partition coefficient (Wildman–Crippen LogP) is 4.17. The molecule has 0 aliphatic carbocycles. The van der Waals surface area contributed by atoms with Crippen molar-refractivity contribution < 1.29 is 19.1 Å². The molecular formula is C35H39N5O4. The number of fused-ring (bicyclic) bond motifs is 1. The van der Waals surface area contributed by atoms with Crippen LogP contribution in [0.1, 0.15) is 48.8 Å². The lowest BCUT2D eigenvalue weighted by molar-refractivity contribution is -0.144. The number of likely N-dealkylation sites (tertiary alicyclic amines) is 1. The van der Waals surface area contributed by atoms with Crippen LogP contribution in [0.3, 0.4) is 0 Å². The van der Waals surface area contributed by atoms with Crippen molar-refractivity contribution in [2.75, 3.05) is 25.4 Å². The van der Waals surface area contributed by atoms with E-state index in [1.54, 1.807) is 11.1 Å². The number of anilines is 1. The fourth-order valence-corrected chi connectivity index (χ4v) is 5.86. The van der Waals surface area contributed by atoms with Crippen molar-refractivity contribution in [3.8, 4) is 0 Å². The SMILES string of the molecule is CCCOC(=O)CNC(C(=O)N1CCC[C@H]1C(=O)NCc1ccc2c(N)nccc2c1)C(c1ccccc1)c1ccccc1. The first kappa shape index (κ1) is 30.7. The minimum absolute atomic E-state index is 0.126. The number of nitrogens with zero attached hydrogens (tertiary/aromatic N) is 2. The van der Waals surface area contributed by atoms with Crippen LogP contribution in [-0.2, 0) is 25.7 Å². The van der Waals surface area contributed by atoms with Crippen molar-refractivity contribution in [2.45, 2.75) is 50.7 Å². The van der Waals surface area contributed by atoms with E-state index in [4.69, 9.17) is 10.5 Å². The van der Waals surface area contributed by atoms with Gasteiger partial charge < -0.3 is 20.7 Å². The summed E-state index contributed by atoms with van der Waals surface area (Å²) in [4.78, 5) is 46.3. The maximum Gasteiger partial charge on any atom is 0.319 e. The number of aromatic nitrogens is 1. The van der Waals surface area contributed by atoms with E-state index >= 15 is 0 Å². The number of carbonyl (C=O) groups excluding carboxylic acids is 3. The number of hydrogen-bond acceptors (Lipinski definition) is 7. The van der Waals surface area contributed by atoms with Crippen LogP contribution in [0.5, 0.6) is 0 Å². The Morgan fingerprint density at radius 1 is 1.00 bits per heavy atom. The van der Waals surface area contributed by atoms with Crippen LogP contribution in [0.2, 0.25) is 0 Å². The van der Waals surface area contributed by atoms with Gasteiger partial charge in [0.15, 0.2) is 0 Å². The molecular weight excluding hydrogens is 554 g/mol. The minimum Gasteiger partial charge on any atom is -0.465 e. The number of hydrogen-bond donors (Lipinski definition) is 3. The van der Waals surface area contributed by atoms with Crippen LogP contribution in [0.4, 0.5) is 5.82 Å². The third-order valence-electron chi connectivity index (χ3n) is 8.02. The molecule has 9 heteroatoms. The van der Waals surface area contributed by atoms with E-state index in [9.17, 15) is 14.4 Å². The maximum absolute atomic E-state index is 14.4. The molecule has 3 aromatic carbocycles. The van der Waals surface area contributed by atoms with Gasteiger partial charge in [-0.2, -0.15) is 0 Å². The molecule has 0 spiro atoms. The summed E-state index contributed by atoms with van der Waals surface area (Å²) < 4.78 is 5.30. The second-order valence-electron chi connectivity index (χ2n) is 11.0. The van der Waals surface area contributed by atoms with Crippen molar-refractivity contribution in [3.63, 3.8) is 0 Å². The molecule has 1 unspecified atom stereocenters. The van der Waals surface area contributed by atoms with Gasteiger partial charge in [-0.1, -0.05) is 79.7 Å². The third-order valence-corrected chi connectivity index (χ3v) is 8.02. The summed E-state index contributed by atoms with van der Waals surface area (Å²) in [5.74, 6) is -0.787. The van der Waals surface area contributed by atoms with Gasteiger partial charge in [0.2, 0.25) is 11.8 Å². The second kappa shape index (κ2) is 14.6. The molecule has 1 aliphatic rings. The fourth-order valence-electron chi connectivity index (χ4n) is 5.86. The number of ether oxygens (including phenoxy) is 1. The standard InChI is InChI=1S/C35H39N5O4/c1-2-20-44-30(41)23-38-32(31(25-10-5-3-6-11-25)26-12-7-4-8-13-26)35(43)40-19-9-14-29(40)34(42)39-22-24-15-16-28-27(21-24)17-18-37-33(28)36/h3-8,10-13,15-18,21,29,31-32,38H,2,9,14,19-20,22-23H2,1H3,(H2,36,37)(H,39,42)/t29-,32?/m0/s1. The van der Waals surface area contributed by atoms with E-state index in [-0.39, 0.29) is 18.4 Å². The summed E-state index contributed by atoms with van der Waals surface area (Å²) in [5.41, 5.74) is 8.77. The highest BCUT2D eigenvalue weighted by Gasteiger charge is 2.40. The van der Waals surface area contributed by atoms with Gasteiger partial charge in [-0.05, 0) is 53.5 Å². The quantitative estimate of drug-likeness (QED) is 0.211. The Hall–Kier alpha value is -4.76. The van der Waals surface area contributed by atoms with Crippen molar-refractivity contribution in [1.82, 2.24) is 20.5 Å². The zero-order chi connectivity index (χ0) is 30.9. The smallest absolute Gasteiger partial charge is 0.319 e. The van der Waals surface area contributed by atoms with E-state index in [0.29, 0.717) is 44.8 Å². The molecule has 1 aromatic heterocycles. The maximum atomic E-state index is 14.4. The Bertz CT molecular complexity index is 1540. The Labute approximate surface area is 257 Å². The Kier molecular flexibility index (Phi) is 10.2. The topological polar surface area (TPSA) is 127 Å². The van der Waals surface area contributed by atoms with Gasteiger partial charge in [-0.25, -0.2) is 4.98 Å². The average molecular weight is 594 g/mol. The van der Waals surface area contributed by atoms with Crippen LogP contribution in [0, 0.1) is 0 Å².